The van der Waals surface area contributed by atoms with Crippen molar-refractivity contribution in [1.29, 1.82) is 0 Å². The van der Waals surface area contributed by atoms with Crippen molar-refractivity contribution in [3.05, 3.63) is 29.3 Å². The Balaban J connectivity index is 1.66. The van der Waals surface area contributed by atoms with Crippen LogP contribution < -0.4 is 4.74 Å². The zero-order valence-electron chi connectivity index (χ0n) is 21.9. The van der Waals surface area contributed by atoms with Crippen LogP contribution in [0.3, 0.4) is 0 Å². The van der Waals surface area contributed by atoms with Gasteiger partial charge in [0.2, 0.25) is 5.79 Å². The number of hydrogen-bond donors (Lipinski definition) is 0. The fourth-order valence-corrected chi connectivity index (χ4v) is 4.41. The zero-order chi connectivity index (χ0) is 26.5. The number of rotatable bonds is 11. The fourth-order valence-electron chi connectivity index (χ4n) is 4.41. The minimum Gasteiger partial charge on any atom is -0.459 e. The average molecular weight is 504 g/mol. The molecule has 0 spiro atoms. The van der Waals surface area contributed by atoms with Gasteiger partial charge in [0, 0.05) is 64.0 Å². The van der Waals surface area contributed by atoms with Crippen molar-refractivity contribution in [2.45, 2.75) is 71.8 Å². The van der Waals surface area contributed by atoms with Gasteiger partial charge in [-0.1, -0.05) is 13.0 Å². The summed E-state index contributed by atoms with van der Waals surface area (Å²) in [5.74, 6) is -1.29. The number of likely N-dealkylation sites (N-methyl/N-ethyl adjacent to an activating group) is 1. The van der Waals surface area contributed by atoms with Crippen molar-refractivity contribution in [2.75, 3.05) is 33.2 Å². The molecule has 0 aromatic heterocycles. The lowest BCUT2D eigenvalue weighted by Gasteiger charge is -2.32. The van der Waals surface area contributed by atoms with Gasteiger partial charge in [-0.05, 0) is 38.9 Å². The van der Waals surface area contributed by atoms with Crippen LogP contribution in [0.5, 0.6) is 5.75 Å². The summed E-state index contributed by atoms with van der Waals surface area (Å²) in [5, 5.41) is 0. The highest BCUT2D eigenvalue weighted by Gasteiger charge is 2.38. The second-order valence-corrected chi connectivity index (χ2v) is 9.89. The van der Waals surface area contributed by atoms with Crippen LogP contribution >= 0.6 is 0 Å². The smallest absolute Gasteiger partial charge is 0.441 e. The van der Waals surface area contributed by atoms with Gasteiger partial charge in [-0.3, -0.25) is 19.3 Å². The van der Waals surface area contributed by atoms with E-state index in [0.717, 1.165) is 19.5 Å². The van der Waals surface area contributed by atoms with Crippen LogP contribution in [0.2, 0.25) is 0 Å². The molecule has 2 heterocycles. The first-order valence-electron chi connectivity index (χ1n) is 12.5. The molecule has 0 N–H and O–H groups in total. The van der Waals surface area contributed by atoms with Crippen molar-refractivity contribution in [3.8, 4) is 5.75 Å². The Kier molecular flexibility index (Phi) is 9.08. The number of carbonyl (C=O) groups is 4. The topological polar surface area (TPSA) is 106 Å². The van der Waals surface area contributed by atoms with Gasteiger partial charge >= 0.3 is 6.09 Å². The molecular weight excluding hydrogens is 466 g/mol. The van der Waals surface area contributed by atoms with Crippen LogP contribution in [-0.2, 0) is 25.9 Å². The first kappa shape index (κ1) is 27.6. The molecule has 3 rings (SSSR count). The van der Waals surface area contributed by atoms with Crippen molar-refractivity contribution >= 4 is 23.6 Å². The van der Waals surface area contributed by atoms with Crippen molar-refractivity contribution < 1.29 is 33.7 Å². The minimum absolute atomic E-state index is 0.0851. The monoisotopic (exact) mass is 503 g/mol. The van der Waals surface area contributed by atoms with Crippen LogP contribution in [-0.4, -0.2) is 83.3 Å². The van der Waals surface area contributed by atoms with E-state index in [1.54, 1.807) is 36.9 Å². The molecule has 1 fully saturated rings. The first-order chi connectivity index (χ1) is 17.0. The summed E-state index contributed by atoms with van der Waals surface area (Å²) < 4.78 is 6.02. The number of nitrogens with zero attached hydrogens (tertiary/aromatic N) is 3. The average Bonchev–Trinajstić information content (AvgIpc) is 3.15. The molecule has 0 bridgehead atoms. The summed E-state index contributed by atoms with van der Waals surface area (Å²) in [6, 6.07) is 4.39. The fraction of sp³-hybridized carbons (Fsp3) is 0.615. The summed E-state index contributed by atoms with van der Waals surface area (Å²) in [5.41, 5.74) is 1.06. The number of ketones is 2. The lowest BCUT2D eigenvalue weighted by Crippen LogP contribution is -2.48. The van der Waals surface area contributed by atoms with Gasteiger partial charge < -0.3 is 19.4 Å². The zero-order valence-corrected chi connectivity index (χ0v) is 21.9. The van der Waals surface area contributed by atoms with Crippen LogP contribution in [0, 0.1) is 0 Å². The molecule has 1 saturated heterocycles. The van der Waals surface area contributed by atoms with E-state index in [4.69, 9.17) is 14.5 Å². The summed E-state index contributed by atoms with van der Waals surface area (Å²) in [4.78, 5) is 65.5. The van der Waals surface area contributed by atoms with Crippen molar-refractivity contribution in [1.82, 2.24) is 14.7 Å². The Labute approximate surface area is 212 Å². The van der Waals surface area contributed by atoms with E-state index in [1.165, 1.54) is 11.8 Å². The molecule has 10 heteroatoms. The molecule has 2 aliphatic rings. The van der Waals surface area contributed by atoms with E-state index < -0.39 is 17.9 Å². The lowest BCUT2D eigenvalue weighted by atomic mass is 10.0. The summed E-state index contributed by atoms with van der Waals surface area (Å²) >= 11 is 0. The van der Waals surface area contributed by atoms with Crippen molar-refractivity contribution in [3.63, 3.8) is 0 Å². The van der Waals surface area contributed by atoms with E-state index in [-0.39, 0.29) is 30.4 Å². The molecule has 10 nitrogen and oxygen atoms in total. The molecule has 0 aliphatic carbocycles. The van der Waals surface area contributed by atoms with Crippen molar-refractivity contribution in [2.24, 2.45) is 0 Å². The Bertz CT molecular complexity index is 986. The Hall–Kier alpha value is -2.98. The number of benzene rings is 1. The normalized spacial score (nSPS) is 17.1. The molecule has 1 aromatic rings. The molecular formula is C26H37N3O7. The Morgan fingerprint density at radius 3 is 2.42 bits per heavy atom. The molecule has 36 heavy (non-hydrogen) atoms. The Morgan fingerprint density at radius 1 is 1.08 bits per heavy atom. The van der Waals surface area contributed by atoms with Gasteiger partial charge in [0.15, 0.2) is 5.78 Å². The first-order valence-corrected chi connectivity index (χ1v) is 12.5. The quantitative estimate of drug-likeness (QED) is 0.258. The van der Waals surface area contributed by atoms with Gasteiger partial charge in [-0.2, -0.15) is 0 Å². The van der Waals surface area contributed by atoms with Crippen LogP contribution in [0.1, 0.15) is 69.3 Å². The number of piperazine rings is 1. The van der Waals surface area contributed by atoms with Crippen LogP contribution in [0.15, 0.2) is 18.2 Å². The third-order valence-electron chi connectivity index (χ3n) is 6.45. The molecule has 1 aromatic carbocycles. The summed E-state index contributed by atoms with van der Waals surface area (Å²) in [6.45, 7) is 9.36. The maximum Gasteiger partial charge on any atom is 0.441 e. The minimum atomic E-state index is -1.33. The van der Waals surface area contributed by atoms with E-state index in [2.05, 4.69) is 4.90 Å². The van der Waals surface area contributed by atoms with Gasteiger partial charge in [0.25, 0.3) is 5.91 Å². The Morgan fingerprint density at radius 2 is 1.78 bits per heavy atom. The van der Waals surface area contributed by atoms with Gasteiger partial charge in [0.1, 0.15) is 11.5 Å². The number of ether oxygens (including phenoxy) is 1. The number of hydrogen-bond acceptors (Lipinski definition) is 8. The van der Waals surface area contributed by atoms with E-state index in [0.29, 0.717) is 42.8 Å². The van der Waals surface area contributed by atoms with Gasteiger partial charge in [-0.25, -0.2) is 4.79 Å². The number of carbonyl (C=O) groups excluding carboxylic acids is 4. The number of fused-ring (bicyclic) bond motifs is 1. The SMILES string of the molecule is CCCC(=O)CCC(C(C)=O)N1Cc2c(OC(C)(C)OOC(=O)N3CCN(C)CC3)cccc2C1=O. The highest BCUT2D eigenvalue weighted by Crippen LogP contribution is 2.35. The molecule has 1 atom stereocenters. The van der Waals surface area contributed by atoms with E-state index >= 15 is 0 Å². The molecule has 0 saturated carbocycles. The molecule has 1 unspecified atom stereocenters. The van der Waals surface area contributed by atoms with E-state index in [9.17, 15) is 19.2 Å². The summed E-state index contributed by atoms with van der Waals surface area (Å²) in [7, 11) is 1.99. The maximum absolute atomic E-state index is 13.2. The molecule has 2 amide bonds. The predicted molar refractivity (Wildman–Crippen MR) is 131 cm³/mol. The van der Waals surface area contributed by atoms with Crippen LogP contribution in [0.4, 0.5) is 4.79 Å². The molecule has 198 valence electrons. The molecule has 2 aliphatic heterocycles. The highest BCUT2D eigenvalue weighted by molar-refractivity contribution is 6.01. The van der Waals surface area contributed by atoms with E-state index in [1.807, 2.05) is 14.0 Å². The van der Waals surface area contributed by atoms with Crippen LogP contribution in [0.25, 0.3) is 0 Å². The summed E-state index contributed by atoms with van der Waals surface area (Å²) in [6.07, 6.45) is 1.18. The third kappa shape index (κ3) is 6.82. The molecule has 0 radical (unpaired) electrons. The predicted octanol–water partition coefficient (Wildman–Crippen LogP) is 3.18. The number of amides is 2. The second-order valence-electron chi connectivity index (χ2n) is 9.89. The van der Waals surface area contributed by atoms with Gasteiger partial charge in [-0.15, -0.1) is 4.89 Å². The standard InChI is InChI=1S/C26H37N3O7/c1-6-8-19(31)11-12-22(18(2)30)29-17-21-20(24(29)32)9-7-10-23(21)34-26(3,4)36-35-25(33)28-15-13-27(5)14-16-28/h7,9-10,22H,6,8,11-17H2,1-5H3. The number of Topliss-reactive ketones (excluding diaryl/α,β-unsaturated/α-hetero) is 2. The largest absolute Gasteiger partial charge is 0.459 e. The maximum atomic E-state index is 13.2. The lowest BCUT2D eigenvalue weighted by molar-refractivity contribution is -0.364. The third-order valence-corrected chi connectivity index (χ3v) is 6.45. The van der Waals surface area contributed by atoms with Gasteiger partial charge in [0.05, 0.1) is 12.6 Å². The second kappa shape index (κ2) is 11.8. The highest BCUT2D eigenvalue weighted by atomic mass is 17.2.